The first-order chi connectivity index (χ1) is 7.40. The Morgan fingerprint density at radius 1 is 1.44 bits per heavy atom. The zero-order valence-electron chi connectivity index (χ0n) is 8.60. The van der Waals surface area contributed by atoms with E-state index in [4.69, 9.17) is 0 Å². The fraction of sp³-hybridized carbons (Fsp3) is 0.300. The Morgan fingerprint density at radius 3 is 2.50 bits per heavy atom. The first kappa shape index (κ1) is 13.2. The van der Waals surface area contributed by atoms with Gasteiger partial charge in [-0.1, -0.05) is 0 Å². The van der Waals surface area contributed by atoms with Crippen LogP contribution in [-0.2, 0) is 34.2 Å². The molecule has 0 aliphatic rings. The van der Waals surface area contributed by atoms with Crippen molar-refractivity contribution in [2.45, 2.75) is 11.2 Å². The Bertz CT molecular complexity index is 402. The van der Waals surface area contributed by atoms with E-state index in [1.54, 1.807) is 0 Å². The summed E-state index contributed by atoms with van der Waals surface area (Å²) in [5, 5.41) is 0.333. The summed E-state index contributed by atoms with van der Waals surface area (Å²) in [5.74, 6) is -0.622. The molecule has 0 aromatic heterocycles. The van der Waals surface area contributed by atoms with E-state index in [1.807, 2.05) is 0 Å². The van der Waals surface area contributed by atoms with Gasteiger partial charge in [-0.05, 0) is 0 Å². The molecular formula is C10H8F3O2Zn+. The summed E-state index contributed by atoms with van der Waals surface area (Å²) in [5.41, 5.74) is -0.374. The molecule has 0 fully saturated rings. The second-order valence-corrected chi connectivity index (χ2v) is 4.16. The summed E-state index contributed by atoms with van der Waals surface area (Å²) in [4.78, 5) is 11.1. The van der Waals surface area contributed by atoms with Crippen molar-refractivity contribution in [1.82, 2.24) is 0 Å². The molecule has 1 aromatic rings. The normalized spacial score (nSPS) is 11.4. The van der Waals surface area contributed by atoms with Gasteiger partial charge in [-0.15, -0.1) is 0 Å². The van der Waals surface area contributed by atoms with Gasteiger partial charge in [0.05, 0.1) is 0 Å². The van der Waals surface area contributed by atoms with Crippen LogP contribution in [0.3, 0.4) is 0 Å². The van der Waals surface area contributed by atoms with E-state index in [0.29, 0.717) is 23.3 Å². The van der Waals surface area contributed by atoms with Crippen LogP contribution in [0.1, 0.15) is 21.5 Å². The van der Waals surface area contributed by atoms with Crippen LogP contribution in [0.2, 0.25) is 0 Å². The molecule has 0 amide bonds. The van der Waals surface area contributed by atoms with Gasteiger partial charge in [0.25, 0.3) is 0 Å². The second-order valence-electron chi connectivity index (χ2n) is 3.11. The van der Waals surface area contributed by atoms with Crippen molar-refractivity contribution >= 4 is 5.97 Å². The molecule has 0 heterocycles. The molecule has 0 aliphatic carbocycles. The maximum absolute atomic E-state index is 12.5. The molecule has 82 valence electrons. The SMILES string of the molecule is COC(=O)c1ccc(C(F)(F)F)c([CH2][Zn+])c1. The van der Waals surface area contributed by atoms with Crippen molar-refractivity contribution in [3.05, 3.63) is 34.9 Å². The van der Waals surface area contributed by atoms with Gasteiger partial charge < -0.3 is 0 Å². The Kier molecular flexibility index (Phi) is 4.08. The predicted octanol–water partition coefficient (Wildman–Crippen LogP) is 2.54. The van der Waals surface area contributed by atoms with Crippen molar-refractivity contribution < 1.29 is 41.0 Å². The fourth-order valence-electron chi connectivity index (χ4n) is 1.32. The molecule has 6 heteroatoms. The van der Waals surface area contributed by atoms with Crippen molar-refractivity contribution in [2.24, 2.45) is 0 Å². The summed E-state index contributed by atoms with van der Waals surface area (Å²) in [7, 11) is 1.19. The van der Waals surface area contributed by atoms with E-state index in [9.17, 15) is 18.0 Å². The summed E-state index contributed by atoms with van der Waals surface area (Å²) < 4.78 is 42.1. The number of hydrogen-bond acceptors (Lipinski definition) is 2. The third-order valence-corrected chi connectivity index (χ3v) is 3.23. The topological polar surface area (TPSA) is 26.3 Å². The Balaban J connectivity index is 3.22. The molecule has 0 N–H and O–H groups in total. The molecule has 2 nitrogen and oxygen atoms in total. The molecule has 0 unspecified atom stereocenters. The molecule has 0 radical (unpaired) electrons. The zero-order valence-corrected chi connectivity index (χ0v) is 11.6. The minimum absolute atomic E-state index is 0.149. The van der Waals surface area contributed by atoms with Gasteiger partial charge in [-0.2, -0.15) is 0 Å². The van der Waals surface area contributed by atoms with E-state index in [1.165, 1.54) is 13.2 Å². The summed E-state index contributed by atoms with van der Waals surface area (Å²) in [6.45, 7) is 0. The monoisotopic (exact) mass is 281 g/mol. The number of benzene rings is 1. The van der Waals surface area contributed by atoms with Crippen molar-refractivity contribution in [2.75, 3.05) is 7.11 Å². The molecule has 1 rings (SSSR count). The molecule has 16 heavy (non-hydrogen) atoms. The van der Waals surface area contributed by atoms with Crippen LogP contribution >= 0.6 is 0 Å². The molecule has 1 aromatic carbocycles. The maximum atomic E-state index is 12.5. The molecule has 0 saturated heterocycles. The average Bonchev–Trinajstić information content (AvgIpc) is 2.25. The van der Waals surface area contributed by atoms with Gasteiger partial charge in [0.1, 0.15) is 0 Å². The molecule has 0 atom stereocenters. The first-order valence-corrected chi connectivity index (χ1v) is 6.57. The quantitative estimate of drug-likeness (QED) is 0.615. The van der Waals surface area contributed by atoms with E-state index < -0.39 is 17.7 Å². The predicted molar refractivity (Wildman–Crippen MR) is 46.5 cm³/mol. The van der Waals surface area contributed by atoms with Crippen LogP contribution in [0.15, 0.2) is 18.2 Å². The second kappa shape index (κ2) is 4.96. The van der Waals surface area contributed by atoms with Crippen LogP contribution in [-0.4, -0.2) is 13.1 Å². The molecular weight excluding hydrogens is 274 g/mol. The fourth-order valence-corrected chi connectivity index (χ4v) is 2.19. The number of halogens is 3. The molecule has 0 saturated carbocycles. The minimum atomic E-state index is -4.37. The number of carbonyl (C=O) groups is 1. The van der Waals surface area contributed by atoms with Gasteiger partial charge in [-0.25, -0.2) is 0 Å². The summed E-state index contributed by atoms with van der Waals surface area (Å²) in [6, 6.07) is 3.31. The summed E-state index contributed by atoms with van der Waals surface area (Å²) >= 11 is 0.702. The van der Waals surface area contributed by atoms with Crippen LogP contribution in [0.5, 0.6) is 0 Å². The first-order valence-electron chi connectivity index (χ1n) is 4.48. The number of ether oxygens (including phenoxy) is 1. The standard InChI is InChI=1S/C10H8F3O2.Zn/c1-6-5-7(9(14)15-2)3-4-8(6)10(11,12)13;/h3-5H,1H2,2H3;/q;+1. The van der Waals surface area contributed by atoms with Gasteiger partial charge in [0, 0.05) is 0 Å². The van der Waals surface area contributed by atoms with Crippen molar-refractivity contribution in [3.8, 4) is 0 Å². The Labute approximate surface area is 100 Å². The van der Waals surface area contributed by atoms with Gasteiger partial charge in [0.15, 0.2) is 0 Å². The Morgan fingerprint density at radius 2 is 2.06 bits per heavy atom. The van der Waals surface area contributed by atoms with E-state index in [2.05, 4.69) is 4.74 Å². The number of methoxy groups -OCH3 is 1. The third-order valence-electron chi connectivity index (χ3n) is 2.10. The molecule has 0 spiro atoms. The van der Waals surface area contributed by atoms with Gasteiger partial charge in [-0.3, -0.25) is 0 Å². The van der Waals surface area contributed by atoms with Gasteiger partial charge >= 0.3 is 100 Å². The number of hydrogen-bond donors (Lipinski definition) is 0. The third kappa shape index (κ3) is 2.82. The van der Waals surface area contributed by atoms with Crippen LogP contribution in [0, 0.1) is 0 Å². The average molecular weight is 283 g/mol. The zero-order chi connectivity index (χ0) is 12.3. The number of alkyl halides is 3. The van der Waals surface area contributed by atoms with Crippen LogP contribution in [0.4, 0.5) is 13.2 Å². The molecule has 0 bridgehead atoms. The Hall–Kier alpha value is -0.897. The van der Waals surface area contributed by atoms with Crippen molar-refractivity contribution in [1.29, 1.82) is 0 Å². The van der Waals surface area contributed by atoms with Crippen LogP contribution < -0.4 is 0 Å². The molecule has 0 aliphatic heterocycles. The van der Waals surface area contributed by atoms with Crippen molar-refractivity contribution in [3.63, 3.8) is 0 Å². The van der Waals surface area contributed by atoms with E-state index in [0.717, 1.165) is 12.1 Å². The number of rotatable bonds is 2. The van der Waals surface area contributed by atoms with Gasteiger partial charge in [0.2, 0.25) is 0 Å². The number of carbonyl (C=O) groups excluding carboxylic acids is 1. The van der Waals surface area contributed by atoms with Crippen LogP contribution in [0.25, 0.3) is 0 Å². The summed E-state index contributed by atoms with van der Waals surface area (Å²) in [6.07, 6.45) is -4.37. The number of esters is 1. The van der Waals surface area contributed by atoms with E-state index >= 15 is 0 Å². The van der Waals surface area contributed by atoms with E-state index in [-0.39, 0.29) is 11.1 Å².